The van der Waals surface area contributed by atoms with E-state index < -0.39 is 0 Å². The number of hydrogen-bond acceptors (Lipinski definition) is 5. The molecule has 2 N–H and O–H groups in total. The number of aryl methyl sites for hydroxylation is 3. The molecule has 1 aliphatic heterocycles. The van der Waals surface area contributed by atoms with Crippen LogP contribution in [0.15, 0.2) is 18.5 Å². The van der Waals surface area contributed by atoms with Gasteiger partial charge < -0.3 is 14.8 Å². The van der Waals surface area contributed by atoms with Gasteiger partial charge in [-0.05, 0) is 19.9 Å². The molecular formula is C18H25ClN8O. The van der Waals surface area contributed by atoms with Crippen molar-refractivity contribution in [2.24, 2.45) is 14.1 Å². The Bertz CT molecular complexity index is 988. The van der Waals surface area contributed by atoms with Crippen molar-refractivity contribution in [3.05, 3.63) is 41.4 Å². The Kier molecular flexibility index (Phi) is 5.57. The molecule has 10 heteroatoms. The number of amides is 1. The number of aromatic nitrogens is 6. The largest absolute Gasteiger partial charge is 0.336 e. The summed E-state index contributed by atoms with van der Waals surface area (Å²) >= 11 is 0. The van der Waals surface area contributed by atoms with Gasteiger partial charge in [-0.3, -0.25) is 14.6 Å². The van der Waals surface area contributed by atoms with E-state index in [0.717, 1.165) is 35.0 Å². The van der Waals surface area contributed by atoms with Crippen molar-refractivity contribution in [1.82, 2.24) is 39.7 Å². The maximum Gasteiger partial charge on any atom is 0.272 e. The lowest BCUT2D eigenvalue weighted by Gasteiger charge is -2.35. The molecule has 0 saturated carbocycles. The number of carbonyl (C=O) groups is 1. The van der Waals surface area contributed by atoms with Crippen molar-refractivity contribution in [3.63, 3.8) is 0 Å². The van der Waals surface area contributed by atoms with Gasteiger partial charge in [0.05, 0.1) is 11.4 Å². The number of rotatable bonds is 3. The third-order valence-corrected chi connectivity index (χ3v) is 5.23. The fourth-order valence-electron chi connectivity index (χ4n) is 3.73. The summed E-state index contributed by atoms with van der Waals surface area (Å²) in [4.78, 5) is 19.5. The van der Waals surface area contributed by atoms with E-state index >= 15 is 0 Å². The summed E-state index contributed by atoms with van der Waals surface area (Å²) in [5.74, 6) is 0.802. The Morgan fingerprint density at radius 2 is 2.07 bits per heavy atom. The van der Waals surface area contributed by atoms with Crippen LogP contribution in [0.25, 0.3) is 11.3 Å². The van der Waals surface area contributed by atoms with Crippen LogP contribution in [0, 0.1) is 13.8 Å². The minimum atomic E-state index is -0.111. The number of nitrogens with zero attached hydrogens (tertiary/aromatic N) is 6. The summed E-state index contributed by atoms with van der Waals surface area (Å²) < 4.78 is 3.78. The van der Waals surface area contributed by atoms with Crippen molar-refractivity contribution in [2.75, 3.05) is 19.6 Å². The molecule has 0 bridgehead atoms. The van der Waals surface area contributed by atoms with E-state index in [2.05, 4.69) is 25.6 Å². The van der Waals surface area contributed by atoms with Crippen molar-refractivity contribution in [2.45, 2.75) is 19.9 Å². The third kappa shape index (κ3) is 3.31. The van der Waals surface area contributed by atoms with Crippen molar-refractivity contribution >= 4 is 18.3 Å². The first-order valence-electron chi connectivity index (χ1n) is 9.02. The molecule has 1 amide bonds. The van der Waals surface area contributed by atoms with Crippen LogP contribution in [-0.4, -0.2) is 60.0 Å². The molecule has 1 unspecified atom stereocenters. The zero-order valence-corrected chi connectivity index (χ0v) is 17.2. The molecule has 4 heterocycles. The van der Waals surface area contributed by atoms with E-state index in [9.17, 15) is 4.79 Å². The van der Waals surface area contributed by atoms with E-state index in [1.807, 2.05) is 54.4 Å². The first-order valence-corrected chi connectivity index (χ1v) is 9.02. The molecule has 1 fully saturated rings. The van der Waals surface area contributed by atoms with Crippen molar-refractivity contribution in [3.8, 4) is 11.3 Å². The minimum Gasteiger partial charge on any atom is -0.336 e. The number of carbonyl (C=O) groups excluding carboxylic acids is 1. The predicted octanol–water partition coefficient (Wildman–Crippen LogP) is 1.37. The molecule has 0 aromatic carbocycles. The highest BCUT2D eigenvalue weighted by Gasteiger charge is 2.32. The summed E-state index contributed by atoms with van der Waals surface area (Å²) in [6.07, 6.45) is 3.66. The van der Waals surface area contributed by atoms with Crippen LogP contribution in [0.5, 0.6) is 0 Å². The highest BCUT2D eigenvalue weighted by atomic mass is 35.5. The molecule has 3 aromatic rings. The summed E-state index contributed by atoms with van der Waals surface area (Å²) in [6, 6.07) is 1.71. The van der Waals surface area contributed by atoms with E-state index in [0.29, 0.717) is 18.8 Å². The number of hydrogen-bond donors (Lipinski definition) is 2. The summed E-state index contributed by atoms with van der Waals surface area (Å²) in [7, 11) is 3.85. The zero-order chi connectivity index (χ0) is 19.1. The standard InChI is InChI=1S/C18H24N8O.ClH/c1-11-16(12(2)25(4)23-11)13-9-14(22-21-13)18(27)26-8-5-19-10-15(26)17-20-6-7-24(17)3;/h6-7,9,15,19H,5,8,10H2,1-4H3,(H,21,22);1H. The summed E-state index contributed by atoms with van der Waals surface area (Å²) in [5, 5.41) is 15.1. The van der Waals surface area contributed by atoms with Crippen molar-refractivity contribution in [1.29, 1.82) is 0 Å². The maximum atomic E-state index is 13.2. The van der Waals surface area contributed by atoms with Gasteiger partial charge in [0.25, 0.3) is 5.91 Å². The molecule has 1 saturated heterocycles. The maximum absolute atomic E-state index is 13.2. The Morgan fingerprint density at radius 3 is 2.71 bits per heavy atom. The van der Waals surface area contributed by atoms with E-state index in [-0.39, 0.29) is 24.4 Å². The van der Waals surface area contributed by atoms with Crippen LogP contribution in [0.2, 0.25) is 0 Å². The topological polar surface area (TPSA) is 96.7 Å². The molecule has 4 rings (SSSR count). The quantitative estimate of drug-likeness (QED) is 0.687. The lowest BCUT2D eigenvalue weighted by molar-refractivity contribution is 0.0614. The van der Waals surface area contributed by atoms with E-state index in [1.165, 1.54) is 0 Å². The van der Waals surface area contributed by atoms with Crippen LogP contribution in [-0.2, 0) is 14.1 Å². The molecular weight excluding hydrogens is 380 g/mol. The first-order chi connectivity index (χ1) is 13.0. The Hall–Kier alpha value is -2.65. The average molecular weight is 405 g/mol. The molecule has 0 aliphatic carbocycles. The van der Waals surface area contributed by atoms with Crippen molar-refractivity contribution < 1.29 is 4.79 Å². The molecule has 3 aromatic heterocycles. The highest BCUT2D eigenvalue weighted by molar-refractivity contribution is 5.94. The molecule has 1 aliphatic rings. The normalized spacial score (nSPS) is 16.9. The second-order valence-electron chi connectivity index (χ2n) is 6.95. The van der Waals surface area contributed by atoms with Crippen LogP contribution in [0.4, 0.5) is 0 Å². The monoisotopic (exact) mass is 404 g/mol. The van der Waals surface area contributed by atoms with Gasteiger partial charge in [0, 0.05) is 57.4 Å². The number of piperazine rings is 1. The highest BCUT2D eigenvalue weighted by Crippen LogP contribution is 2.27. The van der Waals surface area contributed by atoms with Gasteiger partial charge in [-0.1, -0.05) is 0 Å². The van der Waals surface area contributed by atoms with Crippen LogP contribution in [0.3, 0.4) is 0 Å². The van der Waals surface area contributed by atoms with Gasteiger partial charge in [-0.25, -0.2) is 4.98 Å². The van der Waals surface area contributed by atoms with Gasteiger partial charge in [-0.2, -0.15) is 10.2 Å². The first kappa shape index (κ1) is 20.1. The number of imidazole rings is 1. The second-order valence-corrected chi connectivity index (χ2v) is 6.95. The molecule has 0 spiro atoms. The van der Waals surface area contributed by atoms with Gasteiger partial charge in [0.2, 0.25) is 0 Å². The summed E-state index contributed by atoms with van der Waals surface area (Å²) in [5.41, 5.74) is 4.10. The third-order valence-electron chi connectivity index (χ3n) is 5.23. The summed E-state index contributed by atoms with van der Waals surface area (Å²) in [6.45, 7) is 6.01. The average Bonchev–Trinajstić information content (AvgIpc) is 3.35. The molecule has 150 valence electrons. The van der Waals surface area contributed by atoms with E-state index in [1.54, 1.807) is 6.20 Å². The fraction of sp³-hybridized carbons (Fsp3) is 0.444. The fourth-order valence-corrected chi connectivity index (χ4v) is 3.73. The number of nitrogens with one attached hydrogen (secondary N) is 2. The Morgan fingerprint density at radius 1 is 1.29 bits per heavy atom. The molecule has 9 nitrogen and oxygen atoms in total. The van der Waals surface area contributed by atoms with Crippen LogP contribution >= 0.6 is 12.4 Å². The van der Waals surface area contributed by atoms with E-state index in [4.69, 9.17) is 0 Å². The Labute approximate surface area is 169 Å². The number of H-pyrrole nitrogens is 1. The molecule has 28 heavy (non-hydrogen) atoms. The zero-order valence-electron chi connectivity index (χ0n) is 16.4. The second kappa shape index (κ2) is 7.76. The van der Waals surface area contributed by atoms with Gasteiger partial charge >= 0.3 is 0 Å². The Balaban J connectivity index is 0.00000225. The smallest absolute Gasteiger partial charge is 0.272 e. The molecule has 1 atom stereocenters. The predicted molar refractivity (Wildman–Crippen MR) is 107 cm³/mol. The van der Waals surface area contributed by atoms with Gasteiger partial charge in [-0.15, -0.1) is 12.4 Å². The lowest BCUT2D eigenvalue weighted by atomic mass is 10.1. The van der Waals surface area contributed by atoms with Crippen LogP contribution < -0.4 is 5.32 Å². The number of halogens is 1. The van der Waals surface area contributed by atoms with Crippen LogP contribution in [0.1, 0.15) is 33.7 Å². The number of aromatic amines is 1. The van der Waals surface area contributed by atoms with Gasteiger partial charge in [0.1, 0.15) is 17.6 Å². The lowest BCUT2D eigenvalue weighted by Crippen LogP contribution is -2.49. The van der Waals surface area contributed by atoms with Gasteiger partial charge in [0.15, 0.2) is 0 Å². The molecule has 0 radical (unpaired) electrons. The SMILES string of the molecule is Cc1nn(C)c(C)c1-c1cc(C(=O)N2CCNCC2c2nccn2C)[nH]n1.Cl. The minimum absolute atomic E-state index is 0.